The van der Waals surface area contributed by atoms with E-state index in [-0.39, 0.29) is 5.41 Å². The van der Waals surface area contributed by atoms with Crippen molar-refractivity contribution in [1.29, 1.82) is 0 Å². The first-order chi connectivity index (χ1) is 5.54. The van der Waals surface area contributed by atoms with Gasteiger partial charge in [0.1, 0.15) is 5.76 Å². The number of rotatable bonds is 2. The molecule has 1 rings (SSSR count). The largest absolute Gasteiger partial charge is 0.445 e. The Morgan fingerprint density at radius 2 is 2.08 bits per heavy atom. The summed E-state index contributed by atoms with van der Waals surface area (Å²) in [5, 5.41) is 0. The van der Waals surface area contributed by atoms with Crippen molar-refractivity contribution in [2.45, 2.75) is 46.0 Å². The molecular weight excluding hydrogens is 150 g/mol. The third kappa shape index (κ3) is 2.10. The molecule has 0 aromatic carbocycles. The van der Waals surface area contributed by atoms with Crippen LogP contribution in [0.3, 0.4) is 0 Å². The highest BCUT2D eigenvalue weighted by molar-refractivity contribution is 5.05. The van der Waals surface area contributed by atoms with E-state index in [0.29, 0.717) is 0 Å². The number of nitrogens with zero attached hydrogens (tertiary/aromatic N) is 1. The van der Waals surface area contributed by atoms with Gasteiger partial charge < -0.3 is 4.42 Å². The van der Waals surface area contributed by atoms with Crippen LogP contribution in [-0.2, 0) is 11.8 Å². The highest BCUT2D eigenvalue weighted by atomic mass is 16.4. The summed E-state index contributed by atoms with van der Waals surface area (Å²) in [5.74, 6) is 1.84. The predicted molar refractivity (Wildman–Crippen MR) is 49.2 cm³/mol. The molecule has 0 aliphatic rings. The van der Waals surface area contributed by atoms with Gasteiger partial charge in [-0.15, -0.1) is 0 Å². The van der Waals surface area contributed by atoms with Crippen LogP contribution >= 0.6 is 0 Å². The van der Waals surface area contributed by atoms with Crippen LogP contribution in [0.2, 0.25) is 0 Å². The lowest BCUT2D eigenvalue weighted by atomic mass is 9.94. The maximum absolute atomic E-state index is 5.58. The first-order valence-electron chi connectivity index (χ1n) is 4.49. The fraction of sp³-hybridized carbons (Fsp3) is 0.700. The Kier molecular flexibility index (Phi) is 2.55. The zero-order chi connectivity index (χ0) is 9.19. The van der Waals surface area contributed by atoms with Crippen LogP contribution in [-0.4, -0.2) is 4.98 Å². The molecule has 12 heavy (non-hydrogen) atoms. The van der Waals surface area contributed by atoms with Gasteiger partial charge in [-0.3, -0.25) is 0 Å². The molecule has 0 saturated heterocycles. The molecule has 2 heteroatoms. The number of aryl methyl sites for hydroxylation is 1. The molecule has 0 N–H and O–H groups in total. The van der Waals surface area contributed by atoms with E-state index in [2.05, 4.69) is 32.7 Å². The fourth-order valence-corrected chi connectivity index (χ4v) is 0.986. The highest BCUT2D eigenvalue weighted by Crippen LogP contribution is 2.22. The van der Waals surface area contributed by atoms with Gasteiger partial charge in [0.05, 0.1) is 6.20 Å². The molecule has 0 saturated carbocycles. The zero-order valence-electron chi connectivity index (χ0n) is 8.35. The SMILES string of the molecule is CCCc1ncc(C(C)(C)C)o1. The van der Waals surface area contributed by atoms with Gasteiger partial charge >= 0.3 is 0 Å². The van der Waals surface area contributed by atoms with Crippen LogP contribution in [0.25, 0.3) is 0 Å². The second-order valence-corrected chi connectivity index (χ2v) is 4.12. The van der Waals surface area contributed by atoms with Crippen molar-refractivity contribution in [1.82, 2.24) is 4.98 Å². The van der Waals surface area contributed by atoms with E-state index in [0.717, 1.165) is 24.5 Å². The highest BCUT2D eigenvalue weighted by Gasteiger charge is 2.18. The second-order valence-electron chi connectivity index (χ2n) is 4.12. The van der Waals surface area contributed by atoms with Gasteiger partial charge in [0, 0.05) is 11.8 Å². The standard InChI is InChI=1S/C10H17NO/c1-5-6-9-11-7-8(12-9)10(2,3)4/h7H,5-6H2,1-4H3. The van der Waals surface area contributed by atoms with E-state index in [1.165, 1.54) is 0 Å². The van der Waals surface area contributed by atoms with Crippen LogP contribution in [0.1, 0.15) is 45.8 Å². The van der Waals surface area contributed by atoms with Gasteiger partial charge in [-0.2, -0.15) is 0 Å². The molecule has 1 aromatic heterocycles. The molecular formula is C10H17NO. The summed E-state index contributed by atoms with van der Waals surface area (Å²) in [6.45, 7) is 8.51. The summed E-state index contributed by atoms with van der Waals surface area (Å²) in [4.78, 5) is 4.21. The minimum absolute atomic E-state index is 0.0823. The maximum atomic E-state index is 5.58. The van der Waals surface area contributed by atoms with E-state index in [9.17, 15) is 0 Å². The molecule has 0 bridgehead atoms. The quantitative estimate of drug-likeness (QED) is 0.677. The van der Waals surface area contributed by atoms with Crippen LogP contribution in [0, 0.1) is 0 Å². The number of hydrogen-bond acceptors (Lipinski definition) is 2. The average Bonchev–Trinajstić information content (AvgIpc) is 2.35. The topological polar surface area (TPSA) is 26.0 Å². The second kappa shape index (κ2) is 3.30. The van der Waals surface area contributed by atoms with Gasteiger partial charge in [-0.1, -0.05) is 27.7 Å². The lowest BCUT2D eigenvalue weighted by Gasteiger charge is -2.12. The van der Waals surface area contributed by atoms with E-state index < -0.39 is 0 Å². The Balaban J connectivity index is 2.77. The lowest BCUT2D eigenvalue weighted by Crippen LogP contribution is -2.09. The summed E-state index contributed by atoms with van der Waals surface area (Å²) >= 11 is 0. The average molecular weight is 167 g/mol. The normalized spacial score (nSPS) is 12.0. The summed E-state index contributed by atoms with van der Waals surface area (Å²) < 4.78 is 5.58. The molecule has 0 atom stereocenters. The van der Waals surface area contributed by atoms with E-state index in [4.69, 9.17) is 4.42 Å². The number of aromatic nitrogens is 1. The van der Waals surface area contributed by atoms with Crippen molar-refractivity contribution in [3.05, 3.63) is 17.8 Å². The van der Waals surface area contributed by atoms with E-state index in [1.54, 1.807) is 0 Å². The van der Waals surface area contributed by atoms with Crippen LogP contribution in [0.15, 0.2) is 10.6 Å². The summed E-state index contributed by atoms with van der Waals surface area (Å²) in [5.41, 5.74) is 0.0823. The minimum Gasteiger partial charge on any atom is -0.445 e. The first-order valence-corrected chi connectivity index (χ1v) is 4.49. The molecule has 0 unspecified atom stereocenters. The van der Waals surface area contributed by atoms with Crippen molar-refractivity contribution in [2.75, 3.05) is 0 Å². The Labute approximate surface area is 74.0 Å². The van der Waals surface area contributed by atoms with Crippen molar-refractivity contribution in [2.24, 2.45) is 0 Å². The molecule has 0 aliphatic carbocycles. The number of hydrogen-bond donors (Lipinski definition) is 0. The molecule has 0 fully saturated rings. The van der Waals surface area contributed by atoms with Crippen LogP contribution in [0.5, 0.6) is 0 Å². The Bertz CT molecular complexity index is 245. The Hall–Kier alpha value is -0.790. The Morgan fingerprint density at radius 3 is 2.50 bits per heavy atom. The smallest absolute Gasteiger partial charge is 0.194 e. The van der Waals surface area contributed by atoms with Gasteiger partial charge in [0.2, 0.25) is 0 Å². The van der Waals surface area contributed by atoms with Gasteiger partial charge in [-0.05, 0) is 6.42 Å². The van der Waals surface area contributed by atoms with Gasteiger partial charge in [-0.25, -0.2) is 4.98 Å². The minimum atomic E-state index is 0.0823. The summed E-state index contributed by atoms with van der Waals surface area (Å²) in [7, 11) is 0. The molecule has 1 aromatic rings. The van der Waals surface area contributed by atoms with Crippen LogP contribution < -0.4 is 0 Å². The lowest BCUT2D eigenvalue weighted by molar-refractivity contribution is 0.381. The summed E-state index contributed by atoms with van der Waals surface area (Å²) in [6, 6.07) is 0. The van der Waals surface area contributed by atoms with Crippen molar-refractivity contribution in [3.8, 4) is 0 Å². The molecule has 68 valence electrons. The molecule has 2 nitrogen and oxygen atoms in total. The summed E-state index contributed by atoms with van der Waals surface area (Å²) in [6.07, 6.45) is 3.87. The maximum Gasteiger partial charge on any atom is 0.194 e. The van der Waals surface area contributed by atoms with E-state index in [1.807, 2.05) is 6.20 Å². The molecule has 1 heterocycles. The predicted octanol–water partition coefficient (Wildman–Crippen LogP) is 2.92. The van der Waals surface area contributed by atoms with Crippen molar-refractivity contribution < 1.29 is 4.42 Å². The van der Waals surface area contributed by atoms with Gasteiger partial charge in [0.25, 0.3) is 0 Å². The van der Waals surface area contributed by atoms with Crippen molar-refractivity contribution in [3.63, 3.8) is 0 Å². The molecule has 0 aliphatic heterocycles. The third-order valence-electron chi connectivity index (χ3n) is 1.76. The Morgan fingerprint density at radius 1 is 1.42 bits per heavy atom. The molecule has 0 spiro atoms. The monoisotopic (exact) mass is 167 g/mol. The first kappa shape index (κ1) is 9.30. The fourth-order valence-electron chi connectivity index (χ4n) is 0.986. The van der Waals surface area contributed by atoms with Crippen molar-refractivity contribution >= 4 is 0 Å². The zero-order valence-corrected chi connectivity index (χ0v) is 8.35. The number of oxazole rings is 1. The molecule has 0 radical (unpaired) electrons. The van der Waals surface area contributed by atoms with Crippen LogP contribution in [0.4, 0.5) is 0 Å². The third-order valence-corrected chi connectivity index (χ3v) is 1.76. The molecule has 0 amide bonds. The van der Waals surface area contributed by atoms with Gasteiger partial charge in [0.15, 0.2) is 5.89 Å². The van der Waals surface area contributed by atoms with E-state index >= 15 is 0 Å².